The van der Waals surface area contributed by atoms with E-state index in [-0.39, 0.29) is 5.54 Å². The number of aryl methyl sites for hydroxylation is 2. The first-order chi connectivity index (χ1) is 13.1. The highest BCUT2D eigenvalue weighted by Crippen LogP contribution is 2.33. The molecule has 1 aliphatic heterocycles. The summed E-state index contributed by atoms with van der Waals surface area (Å²) in [6, 6.07) is 0. The molecule has 7 heteroatoms. The van der Waals surface area contributed by atoms with Gasteiger partial charge in [-0.1, -0.05) is 19.3 Å². The van der Waals surface area contributed by atoms with Crippen LogP contribution in [0.5, 0.6) is 0 Å². The second-order valence-corrected chi connectivity index (χ2v) is 7.94. The van der Waals surface area contributed by atoms with Gasteiger partial charge in [0.1, 0.15) is 0 Å². The minimum Gasteiger partial charge on any atom is -0.379 e. The standard InChI is InChI=1S/C20H36N6O/c1-16-18(17(2)25(4)24-16)14-22-19(21-3)23-15-20(8-6-5-7-9-20)26-10-12-27-13-11-26/h5-15H2,1-4H3,(H2,21,22,23). The van der Waals surface area contributed by atoms with Crippen molar-refractivity contribution in [1.82, 2.24) is 25.3 Å². The van der Waals surface area contributed by atoms with E-state index in [0.29, 0.717) is 0 Å². The largest absolute Gasteiger partial charge is 0.379 e. The Morgan fingerprint density at radius 3 is 2.44 bits per heavy atom. The molecule has 2 heterocycles. The van der Waals surface area contributed by atoms with Gasteiger partial charge in [0.2, 0.25) is 0 Å². The smallest absolute Gasteiger partial charge is 0.191 e. The van der Waals surface area contributed by atoms with E-state index in [9.17, 15) is 0 Å². The van der Waals surface area contributed by atoms with Crippen LogP contribution >= 0.6 is 0 Å². The van der Waals surface area contributed by atoms with Gasteiger partial charge in [-0.3, -0.25) is 14.6 Å². The van der Waals surface area contributed by atoms with E-state index in [4.69, 9.17) is 4.74 Å². The Bertz CT molecular complexity index is 641. The lowest BCUT2D eigenvalue weighted by Crippen LogP contribution is -2.60. The number of hydrogen-bond acceptors (Lipinski definition) is 4. The molecule has 1 saturated carbocycles. The SMILES string of the molecule is CN=C(NCc1c(C)nn(C)c1C)NCC1(N2CCOCC2)CCCCC1. The van der Waals surface area contributed by atoms with Crippen LogP contribution in [0.4, 0.5) is 0 Å². The van der Waals surface area contributed by atoms with E-state index in [1.165, 1.54) is 43.4 Å². The monoisotopic (exact) mass is 376 g/mol. The first-order valence-electron chi connectivity index (χ1n) is 10.3. The van der Waals surface area contributed by atoms with Gasteiger partial charge in [0.15, 0.2) is 5.96 Å². The minimum absolute atomic E-state index is 0.236. The zero-order valence-corrected chi connectivity index (χ0v) is 17.5. The Kier molecular flexibility index (Phi) is 6.76. The topological polar surface area (TPSA) is 66.7 Å². The molecule has 1 aromatic rings. The minimum atomic E-state index is 0.236. The van der Waals surface area contributed by atoms with Crippen LogP contribution in [0, 0.1) is 13.8 Å². The van der Waals surface area contributed by atoms with Gasteiger partial charge >= 0.3 is 0 Å². The average molecular weight is 377 g/mol. The summed E-state index contributed by atoms with van der Waals surface area (Å²) in [7, 11) is 3.84. The molecule has 0 aromatic carbocycles. The summed E-state index contributed by atoms with van der Waals surface area (Å²) < 4.78 is 7.53. The number of rotatable bonds is 5. The molecule has 0 spiro atoms. The van der Waals surface area contributed by atoms with Crippen molar-refractivity contribution in [2.75, 3.05) is 39.9 Å². The fraction of sp³-hybridized carbons (Fsp3) is 0.800. The lowest BCUT2D eigenvalue weighted by Gasteiger charge is -2.48. The van der Waals surface area contributed by atoms with Crippen molar-refractivity contribution in [2.24, 2.45) is 12.0 Å². The molecule has 2 N–H and O–H groups in total. The van der Waals surface area contributed by atoms with Crippen LogP contribution in [0.2, 0.25) is 0 Å². The first-order valence-corrected chi connectivity index (χ1v) is 10.3. The van der Waals surface area contributed by atoms with Crippen LogP contribution in [0.15, 0.2) is 4.99 Å². The van der Waals surface area contributed by atoms with Gasteiger partial charge in [-0.05, 0) is 26.7 Å². The number of morpholine rings is 1. The van der Waals surface area contributed by atoms with Crippen LogP contribution in [0.25, 0.3) is 0 Å². The molecule has 0 atom stereocenters. The van der Waals surface area contributed by atoms with Crippen molar-refractivity contribution in [3.63, 3.8) is 0 Å². The third-order valence-electron chi connectivity index (χ3n) is 6.37. The summed E-state index contributed by atoms with van der Waals surface area (Å²) in [5.74, 6) is 0.871. The van der Waals surface area contributed by atoms with Crippen molar-refractivity contribution >= 4 is 5.96 Å². The molecule has 0 radical (unpaired) electrons. The van der Waals surface area contributed by atoms with E-state index in [2.05, 4.69) is 39.5 Å². The third kappa shape index (κ3) is 4.63. The molecule has 152 valence electrons. The van der Waals surface area contributed by atoms with E-state index in [1.807, 2.05) is 18.8 Å². The van der Waals surface area contributed by atoms with Crippen molar-refractivity contribution in [3.05, 3.63) is 17.0 Å². The maximum absolute atomic E-state index is 5.59. The summed E-state index contributed by atoms with van der Waals surface area (Å²) in [5.41, 5.74) is 3.77. The number of guanidine groups is 1. The van der Waals surface area contributed by atoms with E-state index in [0.717, 1.165) is 51.0 Å². The van der Waals surface area contributed by atoms with Gasteiger partial charge in [0, 0.05) is 57.1 Å². The van der Waals surface area contributed by atoms with Gasteiger partial charge in [-0.15, -0.1) is 0 Å². The van der Waals surface area contributed by atoms with E-state index >= 15 is 0 Å². The predicted octanol–water partition coefficient (Wildman–Crippen LogP) is 1.74. The summed E-state index contributed by atoms with van der Waals surface area (Å²) in [6.07, 6.45) is 6.52. The Morgan fingerprint density at radius 2 is 1.85 bits per heavy atom. The molecule has 0 bridgehead atoms. The zero-order valence-electron chi connectivity index (χ0n) is 17.5. The first kappa shape index (κ1) is 20.1. The van der Waals surface area contributed by atoms with Gasteiger partial charge in [-0.2, -0.15) is 5.10 Å². The van der Waals surface area contributed by atoms with Crippen LogP contribution in [-0.4, -0.2) is 66.1 Å². The summed E-state index contributed by atoms with van der Waals surface area (Å²) in [6.45, 7) is 9.66. The van der Waals surface area contributed by atoms with Crippen molar-refractivity contribution in [3.8, 4) is 0 Å². The average Bonchev–Trinajstić information content (AvgIpc) is 2.95. The normalized spacial score (nSPS) is 21.3. The molecule has 2 fully saturated rings. The van der Waals surface area contributed by atoms with Gasteiger partial charge in [0.25, 0.3) is 0 Å². The molecule has 1 saturated heterocycles. The fourth-order valence-electron chi connectivity index (χ4n) is 4.57. The van der Waals surface area contributed by atoms with Crippen LogP contribution in [0.3, 0.4) is 0 Å². The van der Waals surface area contributed by atoms with Crippen LogP contribution in [0.1, 0.15) is 49.1 Å². The molecule has 0 unspecified atom stereocenters. The van der Waals surface area contributed by atoms with Gasteiger partial charge in [-0.25, -0.2) is 0 Å². The van der Waals surface area contributed by atoms with Crippen molar-refractivity contribution < 1.29 is 4.74 Å². The second kappa shape index (κ2) is 9.06. The molecule has 2 aliphatic rings. The summed E-state index contributed by atoms with van der Waals surface area (Å²) in [5, 5.41) is 11.6. The maximum atomic E-state index is 5.59. The summed E-state index contributed by atoms with van der Waals surface area (Å²) in [4.78, 5) is 7.11. The van der Waals surface area contributed by atoms with Gasteiger partial charge < -0.3 is 15.4 Å². The predicted molar refractivity (Wildman–Crippen MR) is 109 cm³/mol. The summed E-state index contributed by atoms with van der Waals surface area (Å²) >= 11 is 0. The number of hydrogen-bond donors (Lipinski definition) is 2. The molecule has 7 nitrogen and oxygen atoms in total. The number of aromatic nitrogens is 2. The highest BCUT2D eigenvalue weighted by molar-refractivity contribution is 5.79. The van der Waals surface area contributed by atoms with E-state index in [1.54, 1.807) is 0 Å². The molecule has 27 heavy (non-hydrogen) atoms. The molecule has 3 rings (SSSR count). The highest BCUT2D eigenvalue weighted by atomic mass is 16.5. The zero-order chi connectivity index (χ0) is 19.3. The van der Waals surface area contributed by atoms with Crippen molar-refractivity contribution in [2.45, 2.75) is 58.0 Å². The van der Waals surface area contributed by atoms with E-state index < -0.39 is 0 Å². The molecule has 1 aromatic heterocycles. The lowest BCUT2D eigenvalue weighted by atomic mass is 9.80. The molecular formula is C20H36N6O. The Balaban J connectivity index is 1.61. The fourth-order valence-corrected chi connectivity index (χ4v) is 4.57. The molecule has 1 aliphatic carbocycles. The third-order valence-corrected chi connectivity index (χ3v) is 6.37. The van der Waals surface area contributed by atoms with Crippen molar-refractivity contribution in [1.29, 1.82) is 0 Å². The lowest BCUT2D eigenvalue weighted by molar-refractivity contribution is -0.0352. The number of nitrogens with one attached hydrogen (secondary N) is 2. The maximum Gasteiger partial charge on any atom is 0.191 e. The number of nitrogens with zero attached hydrogens (tertiary/aromatic N) is 4. The molecule has 0 amide bonds. The van der Waals surface area contributed by atoms with Crippen LogP contribution in [-0.2, 0) is 18.3 Å². The Hall–Kier alpha value is -1.60. The van der Waals surface area contributed by atoms with Gasteiger partial charge in [0.05, 0.1) is 18.9 Å². The Labute approximate surface area is 163 Å². The quantitative estimate of drug-likeness (QED) is 0.605. The number of aliphatic imine (C=N–C) groups is 1. The number of ether oxygens (including phenoxy) is 1. The highest BCUT2D eigenvalue weighted by Gasteiger charge is 2.38. The molecular weight excluding hydrogens is 340 g/mol. The van der Waals surface area contributed by atoms with Crippen LogP contribution < -0.4 is 10.6 Å². The second-order valence-electron chi connectivity index (χ2n) is 7.94. The Morgan fingerprint density at radius 1 is 1.15 bits per heavy atom.